The SMILES string of the molecule is Cc1cc(C(C)CC(=O)O)c2ccccc2c1. The highest BCUT2D eigenvalue weighted by molar-refractivity contribution is 5.87. The van der Waals surface area contributed by atoms with Gasteiger partial charge in [0, 0.05) is 0 Å². The van der Waals surface area contributed by atoms with Crippen LogP contribution in [0.3, 0.4) is 0 Å². The number of carbonyl (C=O) groups is 1. The third-order valence-corrected chi connectivity index (χ3v) is 3.05. The summed E-state index contributed by atoms with van der Waals surface area (Å²) < 4.78 is 0. The van der Waals surface area contributed by atoms with Crippen LogP contribution in [-0.2, 0) is 4.79 Å². The Hall–Kier alpha value is -1.83. The van der Waals surface area contributed by atoms with Crippen molar-refractivity contribution in [3.63, 3.8) is 0 Å². The minimum absolute atomic E-state index is 0.0392. The molecule has 2 aromatic rings. The van der Waals surface area contributed by atoms with Crippen LogP contribution in [0.5, 0.6) is 0 Å². The molecule has 1 N–H and O–H groups in total. The van der Waals surface area contributed by atoms with Crippen LogP contribution in [0.25, 0.3) is 10.8 Å². The summed E-state index contributed by atoms with van der Waals surface area (Å²) in [5.74, 6) is -0.708. The van der Waals surface area contributed by atoms with Crippen LogP contribution in [0.4, 0.5) is 0 Å². The van der Waals surface area contributed by atoms with Gasteiger partial charge in [-0.05, 0) is 29.2 Å². The molecule has 0 fully saturated rings. The molecule has 0 bridgehead atoms. The van der Waals surface area contributed by atoms with Crippen molar-refractivity contribution in [2.24, 2.45) is 0 Å². The summed E-state index contributed by atoms with van der Waals surface area (Å²) in [6.45, 7) is 4.01. The molecule has 2 nitrogen and oxygen atoms in total. The maximum atomic E-state index is 10.8. The predicted octanol–water partition coefficient (Wildman–Crippen LogP) is 3.73. The van der Waals surface area contributed by atoms with E-state index in [1.54, 1.807) is 0 Å². The summed E-state index contributed by atoms with van der Waals surface area (Å²) in [6, 6.07) is 12.4. The van der Waals surface area contributed by atoms with Gasteiger partial charge in [-0.3, -0.25) is 4.79 Å². The maximum absolute atomic E-state index is 10.8. The fourth-order valence-electron chi connectivity index (χ4n) is 2.28. The monoisotopic (exact) mass is 228 g/mol. The first-order valence-corrected chi connectivity index (χ1v) is 5.79. The van der Waals surface area contributed by atoms with Crippen LogP contribution >= 0.6 is 0 Å². The fourth-order valence-corrected chi connectivity index (χ4v) is 2.28. The topological polar surface area (TPSA) is 37.3 Å². The van der Waals surface area contributed by atoms with Crippen molar-refractivity contribution in [1.29, 1.82) is 0 Å². The van der Waals surface area contributed by atoms with Gasteiger partial charge in [0.15, 0.2) is 0 Å². The molecule has 17 heavy (non-hydrogen) atoms. The third-order valence-electron chi connectivity index (χ3n) is 3.05. The lowest BCUT2D eigenvalue weighted by Gasteiger charge is -2.14. The van der Waals surface area contributed by atoms with E-state index in [9.17, 15) is 4.79 Å². The van der Waals surface area contributed by atoms with Gasteiger partial charge in [-0.25, -0.2) is 0 Å². The van der Waals surface area contributed by atoms with Crippen molar-refractivity contribution in [3.8, 4) is 0 Å². The van der Waals surface area contributed by atoms with Crippen LogP contribution in [0.1, 0.15) is 30.4 Å². The minimum Gasteiger partial charge on any atom is -0.481 e. The second-order valence-corrected chi connectivity index (χ2v) is 4.57. The first-order valence-electron chi connectivity index (χ1n) is 5.79. The minimum atomic E-state index is -0.747. The Kier molecular flexibility index (Phi) is 3.14. The van der Waals surface area contributed by atoms with E-state index in [4.69, 9.17) is 5.11 Å². The fraction of sp³-hybridized carbons (Fsp3) is 0.267. The Labute approximate surface area is 101 Å². The van der Waals surface area contributed by atoms with E-state index in [-0.39, 0.29) is 12.3 Å². The zero-order chi connectivity index (χ0) is 12.4. The van der Waals surface area contributed by atoms with Crippen LogP contribution in [0.2, 0.25) is 0 Å². The summed E-state index contributed by atoms with van der Waals surface area (Å²) in [5.41, 5.74) is 2.30. The first-order chi connectivity index (χ1) is 8.08. The lowest BCUT2D eigenvalue weighted by atomic mass is 9.91. The molecule has 2 heteroatoms. The van der Waals surface area contributed by atoms with E-state index in [1.807, 2.05) is 26.0 Å². The van der Waals surface area contributed by atoms with E-state index in [2.05, 4.69) is 24.3 Å². The Bertz CT molecular complexity index is 558. The zero-order valence-corrected chi connectivity index (χ0v) is 10.1. The number of aliphatic carboxylic acids is 1. The Balaban J connectivity index is 2.55. The third kappa shape index (κ3) is 2.47. The number of hydrogen-bond acceptors (Lipinski definition) is 1. The number of hydrogen-bond donors (Lipinski definition) is 1. The molecular weight excluding hydrogens is 212 g/mol. The van der Waals surface area contributed by atoms with Crippen molar-refractivity contribution in [1.82, 2.24) is 0 Å². The molecule has 0 saturated carbocycles. The Morgan fingerprint density at radius 1 is 1.29 bits per heavy atom. The van der Waals surface area contributed by atoms with Gasteiger partial charge in [0.25, 0.3) is 0 Å². The Morgan fingerprint density at radius 3 is 2.71 bits per heavy atom. The Morgan fingerprint density at radius 2 is 2.00 bits per heavy atom. The molecule has 0 aromatic heterocycles. The lowest BCUT2D eigenvalue weighted by Crippen LogP contribution is -2.03. The molecule has 88 valence electrons. The van der Waals surface area contributed by atoms with Gasteiger partial charge in [0.2, 0.25) is 0 Å². The highest BCUT2D eigenvalue weighted by Crippen LogP contribution is 2.29. The number of carboxylic acids is 1. The summed E-state index contributed by atoms with van der Waals surface area (Å²) >= 11 is 0. The smallest absolute Gasteiger partial charge is 0.303 e. The molecule has 0 aliphatic carbocycles. The van der Waals surface area contributed by atoms with Gasteiger partial charge in [0.05, 0.1) is 6.42 Å². The van der Waals surface area contributed by atoms with Crippen molar-refractivity contribution in [2.45, 2.75) is 26.2 Å². The number of fused-ring (bicyclic) bond motifs is 1. The molecule has 0 aliphatic heterocycles. The van der Waals surface area contributed by atoms with Crippen molar-refractivity contribution in [3.05, 3.63) is 47.5 Å². The van der Waals surface area contributed by atoms with E-state index >= 15 is 0 Å². The molecule has 1 unspecified atom stereocenters. The molecule has 0 heterocycles. The summed E-state index contributed by atoms with van der Waals surface area (Å²) in [5, 5.41) is 11.2. The first kappa shape index (κ1) is 11.6. The second-order valence-electron chi connectivity index (χ2n) is 4.57. The number of carboxylic acid groups (broad SMARTS) is 1. The van der Waals surface area contributed by atoms with Gasteiger partial charge >= 0.3 is 5.97 Å². The average molecular weight is 228 g/mol. The molecule has 2 rings (SSSR count). The highest BCUT2D eigenvalue weighted by Gasteiger charge is 2.13. The normalized spacial score (nSPS) is 12.6. The number of aryl methyl sites for hydroxylation is 1. The van der Waals surface area contributed by atoms with Crippen LogP contribution < -0.4 is 0 Å². The lowest BCUT2D eigenvalue weighted by molar-refractivity contribution is -0.137. The predicted molar refractivity (Wildman–Crippen MR) is 69.4 cm³/mol. The molecule has 0 amide bonds. The standard InChI is InChI=1S/C15H16O2/c1-10-7-12-5-3-4-6-13(12)14(8-10)11(2)9-15(16)17/h3-8,11H,9H2,1-2H3,(H,16,17). The van der Waals surface area contributed by atoms with Crippen molar-refractivity contribution in [2.75, 3.05) is 0 Å². The summed E-state index contributed by atoms with van der Waals surface area (Å²) in [7, 11) is 0. The van der Waals surface area contributed by atoms with E-state index in [0.717, 1.165) is 10.9 Å². The largest absolute Gasteiger partial charge is 0.481 e. The molecule has 1 atom stereocenters. The molecule has 2 aromatic carbocycles. The summed E-state index contributed by atoms with van der Waals surface area (Å²) in [6.07, 6.45) is 0.174. The van der Waals surface area contributed by atoms with Crippen molar-refractivity contribution < 1.29 is 9.90 Å². The average Bonchev–Trinajstić information content (AvgIpc) is 2.26. The second kappa shape index (κ2) is 4.58. The van der Waals surface area contributed by atoms with Gasteiger partial charge in [-0.1, -0.05) is 48.9 Å². The van der Waals surface area contributed by atoms with Gasteiger partial charge in [0.1, 0.15) is 0 Å². The van der Waals surface area contributed by atoms with Crippen molar-refractivity contribution >= 4 is 16.7 Å². The van der Waals surface area contributed by atoms with Crippen LogP contribution in [0.15, 0.2) is 36.4 Å². The molecule has 0 radical (unpaired) electrons. The van der Waals surface area contributed by atoms with Crippen LogP contribution in [-0.4, -0.2) is 11.1 Å². The maximum Gasteiger partial charge on any atom is 0.303 e. The molecular formula is C15H16O2. The van der Waals surface area contributed by atoms with Crippen LogP contribution in [0, 0.1) is 6.92 Å². The zero-order valence-electron chi connectivity index (χ0n) is 10.1. The summed E-state index contributed by atoms with van der Waals surface area (Å²) in [4.78, 5) is 10.8. The molecule has 0 aliphatic rings. The van der Waals surface area contributed by atoms with E-state index in [1.165, 1.54) is 10.9 Å². The molecule has 0 spiro atoms. The number of benzene rings is 2. The van der Waals surface area contributed by atoms with Gasteiger partial charge < -0.3 is 5.11 Å². The van der Waals surface area contributed by atoms with E-state index in [0.29, 0.717) is 0 Å². The highest BCUT2D eigenvalue weighted by atomic mass is 16.4. The van der Waals surface area contributed by atoms with Gasteiger partial charge in [-0.2, -0.15) is 0 Å². The quantitative estimate of drug-likeness (QED) is 0.869. The molecule has 0 saturated heterocycles. The van der Waals surface area contributed by atoms with Gasteiger partial charge in [-0.15, -0.1) is 0 Å². The van der Waals surface area contributed by atoms with E-state index < -0.39 is 5.97 Å². The number of rotatable bonds is 3.